The van der Waals surface area contributed by atoms with Crippen LogP contribution in [0.4, 0.5) is 5.69 Å². The zero-order valence-electron chi connectivity index (χ0n) is 7.52. The van der Waals surface area contributed by atoms with Gasteiger partial charge in [-0.25, -0.2) is 4.52 Å². The van der Waals surface area contributed by atoms with Gasteiger partial charge in [-0.3, -0.25) is 0 Å². The van der Waals surface area contributed by atoms with Crippen LogP contribution in [0.2, 0.25) is 5.28 Å². The second-order valence-electron chi connectivity index (χ2n) is 3.41. The Bertz CT molecular complexity index is 475. The predicted octanol–water partition coefficient (Wildman–Crippen LogP) is 1.59. The molecule has 3 heterocycles. The van der Waals surface area contributed by atoms with Crippen molar-refractivity contribution in [3.63, 3.8) is 0 Å². The van der Waals surface area contributed by atoms with Crippen LogP contribution in [0.1, 0.15) is 6.42 Å². The van der Waals surface area contributed by atoms with Crippen molar-refractivity contribution < 1.29 is 0 Å². The molecule has 0 amide bonds. The quantitative estimate of drug-likeness (QED) is 0.714. The van der Waals surface area contributed by atoms with E-state index in [2.05, 4.69) is 21.0 Å². The van der Waals surface area contributed by atoms with Crippen molar-refractivity contribution in [2.45, 2.75) is 6.42 Å². The fourth-order valence-electron chi connectivity index (χ4n) is 1.61. The predicted molar refractivity (Wildman–Crippen MR) is 54.8 cm³/mol. The van der Waals surface area contributed by atoms with E-state index < -0.39 is 0 Å². The van der Waals surface area contributed by atoms with Crippen LogP contribution in [0.25, 0.3) is 5.65 Å². The monoisotopic (exact) mass is 208 g/mol. The van der Waals surface area contributed by atoms with Crippen LogP contribution >= 0.6 is 11.6 Å². The Hall–Kier alpha value is -1.29. The number of nitrogens with zero attached hydrogens (tertiary/aromatic N) is 4. The number of halogens is 1. The third kappa shape index (κ3) is 1.14. The van der Waals surface area contributed by atoms with Gasteiger partial charge in [0.25, 0.3) is 0 Å². The summed E-state index contributed by atoms with van der Waals surface area (Å²) in [5.74, 6) is 0. The van der Waals surface area contributed by atoms with Gasteiger partial charge < -0.3 is 4.90 Å². The average Bonchev–Trinajstić information content (AvgIpc) is 2.40. The molecule has 0 bridgehead atoms. The van der Waals surface area contributed by atoms with Crippen molar-refractivity contribution in [1.29, 1.82) is 0 Å². The highest BCUT2D eigenvalue weighted by Crippen LogP contribution is 2.20. The number of pyridine rings is 1. The highest BCUT2D eigenvalue weighted by Gasteiger charge is 2.15. The maximum absolute atomic E-state index is 5.71. The van der Waals surface area contributed by atoms with Crippen LogP contribution in [-0.4, -0.2) is 27.7 Å². The van der Waals surface area contributed by atoms with E-state index in [0.29, 0.717) is 5.28 Å². The van der Waals surface area contributed by atoms with Gasteiger partial charge in [-0.1, -0.05) is 0 Å². The number of rotatable bonds is 1. The number of hydrogen-bond donors (Lipinski definition) is 0. The summed E-state index contributed by atoms with van der Waals surface area (Å²) in [4.78, 5) is 6.36. The summed E-state index contributed by atoms with van der Waals surface area (Å²) in [6, 6.07) is 3.99. The van der Waals surface area contributed by atoms with E-state index in [1.807, 2.05) is 12.3 Å². The normalized spacial score (nSPS) is 15.9. The number of anilines is 1. The minimum Gasteiger partial charge on any atom is -0.370 e. The maximum Gasteiger partial charge on any atom is 0.243 e. The highest BCUT2D eigenvalue weighted by molar-refractivity contribution is 6.28. The summed E-state index contributed by atoms with van der Waals surface area (Å²) in [5, 5.41) is 4.36. The minimum atomic E-state index is 0.297. The number of hydrogen-bond acceptors (Lipinski definition) is 3. The second kappa shape index (κ2) is 2.85. The molecule has 0 unspecified atom stereocenters. The molecule has 5 heteroatoms. The number of fused-ring (bicyclic) bond motifs is 1. The molecule has 0 N–H and O–H groups in total. The smallest absolute Gasteiger partial charge is 0.243 e. The van der Waals surface area contributed by atoms with E-state index in [1.165, 1.54) is 12.1 Å². The van der Waals surface area contributed by atoms with Crippen molar-refractivity contribution in [1.82, 2.24) is 14.6 Å². The SMILES string of the molecule is Clc1nc2ccc(N3CCC3)cn2n1. The lowest BCUT2D eigenvalue weighted by Gasteiger charge is -2.32. The topological polar surface area (TPSA) is 33.4 Å². The van der Waals surface area contributed by atoms with Crippen LogP contribution in [-0.2, 0) is 0 Å². The molecule has 72 valence electrons. The van der Waals surface area contributed by atoms with Crippen LogP contribution in [0.5, 0.6) is 0 Å². The first-order chi connectivity index (χ1) is 6.83. The molecule has 4 nitrogen and oxygen atoms in total. The molecular formula is C9H9ClN4. The highest BCUT2D eigenvalue weighted by atomic mass is 35.5. The summed E-state index contributed by atoms with van der Waals surface area (Å²) in [5.41, 5.74) is 1.98. The molecule has 1 saturated heterocycles. The van der Waals surface area contributed by atoms with E-state index >= 15 is 0 Å². The Kier molecular flexibility index (Phi) is 1.64. The van der Waals surface area contributed by atoms with Crippen molar-refractivity contribution in [3.8, 4) is 0 Å². The van der Waals surface area contributed by atoms with Gasteiger partial charge in [0.05, 0.1) is 11.9 Å². The molecule has 3 rings (SSSR count). The molecule has 0 aliphatic carbocycles. The second-order valence-corrected chi connectivity index (χ2v) is 3.75. The van der Waals surface area contributed by atoms with Gasteiger partial charge in [-0.05, 0) is 30.2 Å². The molecule has 14 heavy (non-hydrogen) atoms. The molecule has 2 aromatic heterocycles. The van der Waals surface area contributed by atoms with E-state index in [9.17, 15) is 0 Å². The molecule has 2 aromatic rings. The lowest BCUT2D eigenvalue weighted by molar-refractivity contribution is 0.615. The zero-order valence-corrected chi connectivity index (χ0v) is 8.28. The molecule has 1 aliphatic heterocycles. The van der Waals surface area contributed by atoms with Gasteiger partial charge >= 0.3 is 0 Å². The molecule has 1 aliphatic rings. The van der Waals surface area contributed by atoms with Crippen molar-refractivity contribution in [3.05, 3.63) is 23.6 Å². The Morgan fingerprint density at radius 2 is 2.14 bits per heavy atom. The molecule has 1 fully saturated rings. The fourth-order valence-corrected chi connectivity index (χ4v) is 1.77. The molecule has 0 spiro atoms. The third-order valence-electron chi connectivity index (χ3n) is 2.51. The summed E-state index contributed by atoms with van der Waals surface area (Å²) < 4.78 is 1.72. The molecule has 0 aromatic carbocycles. The lowest BCUT2D eigenvalue weighted by atomic mass is 10.2. The number of aromatic nitrogens is 3. The first-order valence-corrected chi connectivity index (χ1v) is 4.97. The first-order valence-electron chi connectivity index (χ1n) is 4.60. The van der Waals surface area contributed by atoms with Crippen molar-refractivity contribution in [2.24, 2.45) is 0 Å². The standard InChI is InChI=1S/C9H9ClN4/c10-9-11-8-3-2-7(6-14(8)12-9)13-4-1-5-13/h2-3,6H,1,4-5H2. The lowest BCUT2D eigenvalue weighted by Crippen LogP contribution is -2.37. The summed E-state index contributed by atoms with van der Waals surface area (Å²) in [7, 11) is 0. The van der Waals surface area contributed by atoms with E-state index in [-0.39, 0.29) is 0 Å². The van der Waals surface area contributed by atoms with Gasteiger partial charge in [0.2, 0.25) is 5.28 Å². The molecule has 0 saturated carbocycles. The van der Waals surface area contributed by atoms with E-state index in [0.717, 1.165) is 18.7 Å². The summed E-state index contributed by atoms with van der Waals surface area (Å²) in [6.45, 7) is 2.27. The Morgan fingerprint density at radius 3 is 2.86 bits per heavy atom. The largest absolute Gasteiger partial charge is 0.370 e. The third-order valence-corrected chi connectivity index (χ3v) is 2.67. The molecule has 0 radical (unpaired) electrons. The molecular weight excluding hydrogens is 200 g/mol. The Labute approximate surface area is 86.1 Å². The Balaban J connectivity index is 2.09. The van der Waals surface area contributed by atoms with Gasteiger partial charge in [0.1, 0.15) is 0 Å². The molecule has 0 atom stereocenters. The minimum absolute atomic E-state index is 0.297. The van der Waals surface area contributed by atoms with Gasteiger partial charge in [0.15, 0.2) is 5.65 Å². The Morgan fingerprint density at radius 1 is 1.29 bits per heavy atom. The first kappa shape index (κ1) is 8.05. The maximum atomic E-state index is 5.71. The van der Waals surface area contributed by atoms with Crippen molar-refractivity contribution >= 4 is 22.9 Å². The van der Waals surface area contributed by atoms with Crippen LogP contribution in [0.3, 0.4) is 0 Å². The van der Waals surface area contributed by atoms with Gasteiger partial charge in [-0.2, -0.15) is 4.98 Å². The summed E-state index contributed by atoms with van der Waals surface area (Å²) >= 11 is 5.71. The van der Waals surface area contributed by atoms with Crippen molar-refractivity contribution in [2.75, 3.05) is 18.0 Å². The van der Waals surface area contributed by atoms with Crippen LogP contribution < -0.4 is 4.90 Å². The summed E-state index contributed by atoms with van der Waals surface area (Å²) in [6.07, 6.45) is 3.24. The van der Waals surface area contributed by atoms with E-state index in [1.54, 1.807) is 4.52 Å². The fraction of sp³-hybridized carbons (Fsp3) is 0.333. The van der Waals surface area contributed by atoms with Gasteiger partial charge in [-0.15, -0.1) is 5.10 Å². The van der Waals surface area contributed by atoms with E-state index in [4.69, 9.17) is 11.6 Å². The van der Waals surface area contributed by atoms with Gasteiger partial charge in [0, 0.05) is 13.1 Å². The van der Waals surface area contributed by atoms with Crippen LogP contribution in [0, 0.1) is 0 Å². The van der Waals surface area contributed by atoms with Crippen LogP contribution in [0.15, 0.2) is 18.3 Å². The average molecular weight is 209 g/mol. The zero-order chi connectivity index (χ0) is 9.54.